The highest BCUT2D eigenvalue weighted by atomic mass is 16.1. The standard InChI is InChI=1S/C24H28N2O/c1-17(2)14-24(4,15-19-10-6-5-7-11-19)26-23(27)21-13-20-12-8-9-18(3)22(20)25-16-21/h5-13,16-17H,14-15H2,1-4H3,(H,26,27). The van der Waals surface area contributed by atoms with Crippen LogP contribution in [0.5, 0.6) is 0 Å². The molecule has 1 unspecified atom stereocenters. The molecular formula is C24H28N2O. The van der Waals surface area contributed by atoms with Crippen molar-refractivity contribution in [3.05, 3.63) is 77.5 Å². The summed E-state index contributed by atoms with van der Waals surface area (Å²) in [5.41, 5.74) is 3.59. The molecule has 3 nitrogen and oxygen atoms in total. The number of nitrogens with one attached hydrogen (secondary N) is 1. The van der Waals surface area contributed by atoms with Crippen LogP contribution in [0.25, 0.3) is 10.9 Å². The number of carbonyl (C=O) groups is 1. The predicted octanol–water partition coefficient (Wildman–Crippen LogP) is 5.32. The molecule has 0 radical (unpaired) electrons. The Labute approximate surface area is 161 Å². The number of aryl methyl sites for hydroxylation is 1. The first-order valence-electron chi connectivity index (χ1n) is 9.58. The molecule has 0 fully saturated rings. The maximum Gasteiger partial charge on any atom is 0.253 e. The molecule has 1 atom stereocenters. The predicted molar refractivity (Wildman–Crippen MR) is 112 cm³/mol. The molecule has 0 saturated carbocycles. The van der Waals surface area contributed by atoms with Gasteiger partial charge in [-0.1, -0.05) is 62.4 Å². The Hall–Kier alpha value is -2.68. The molecule has 0 saturated heterocycles. The molecule has 140 valence electrons. The second-order valence-corrected chi connectivity index (χ2v) is 8.15. The van der Waals surface area contributed by atoms with Gasteiger partial charge in [0, 0.05) is 17.1 Å². The zero-order valence-electron chi connectivity index (χ0n) is 16.6. The molecule has 3 heteroatoms. The molecule has 1 amide bonds. The van der Waals surface area contributed by atoms with E-state index in [1.807, 2.05) is 49.4 Å². The summed E-state index contributed by atoms with van der Waals surface area (Å²) in [7, 11) is 0. The fraction of sp³-hybridized carbons (Fsp3) is 0.333. The van der Waals surface area contributed by atoms with Gasteiger partial charge in [-0.05, 0) is 49.8 Å². The minimum Gasteiger partial charge on any atom is -0.346 e. The van der Waals surface area contributed by atoms with Gasteiger partial charge in [0.25, 0.3) is 5.91 Å². The lowest BCUT2D eigenvalue weighted by Gasteiger charge is -2.33. The maximum absolute atomic E-state index is 13.0. The lowest BCUT2D eigenvalue weighted by molar-refractivity contribution is 0.0894. The first kappa shape index (κ1) is 19.1. The van der Waals surface area contributed by atoms with Gasteiger partial charge in [0.15, 0.2) is 0 Å². The summed E-state index contributed by atoms with van der Waals surface area (Å²) in [5.74, 6) is 0.418. The number of carbonyl (C=O) groups excluding carboxylic acids is 1. The summed E-state index contributed by atoms with van der Waals surface area (Å²) in [6.07, 6.45) is 3.40. The van der Waals surface area contributed by atoms with E-state index in [2.05, 4.69) is 43.2 Å². The average Bonchev–Trinajstić information content (AvgIpc) is 2.61. The van der Waals surface area contributed by atoms with Crippen LogP contribution in [0.1, 0.15) is 48.7 Å². The summed E-state index contributed by atoms with van der Waals surface area (Å²) in [5, 5.41) is 4.29. The first-order chi connectivity index (χ1) is 12.9. The van der Waals surface area contributed by atoms with E-state index in [0.717, 1.165) is 29.3 Å². The number of aromatic nitrogens is 1. The van der Waals surface area contributed by atoms with Crippen molar-refractivity contribution in [2.45, 2.75) is 46.1 Å². The maximum atomic E-state index is 13.0. The van der Waals surface area contributed by atoms with Crippen molar-refractivity contribution in [1.82, 2.24) is 10.3 Å². The van der Waals surface area contributed by atoms with Gasteiger partial charge >= 0.3 is 0 Å². The van der Waals surface area contributed by atoms with Gasteiger partial charge in [0.2, 0.25) is 0 Å². The Kier molecular flexibility index (Phi) is 5.59. The number of hydrogen-bond acceptors (Lipinski definition) is 2. The molecule has 3 aromatic rings. The van der Waals surface area contributed by atoms with Crippen molar-refractivity contribution in [3.63, 3.8) is 0 Å². The molecule has 0 aliphatic carbocycles. The lowest BCUT2D eigenvalue weighted by atomic mass is 9.84. The van der Waals surface area contributed by atoms with Gasteiger partial charge in [0.05, 0.1) is 11.1 Å². The van der Waals surface area contributed by atoms with Crippen LogP contribution < -0.4 is 5.32 Å². The van der Waals surface area contributed by atoms with Gasteiger partial charge in [-0.3, -0.25) is 9.78 Å². The Bertz CT molecular complexity index is 934. The molecular weight excluding hydrogens is 332 g/mol. The zero-order valence-corrected chi connectivity index (χ0v) is 16.6. The summed E-state index contributed by atoms with van der Waals surface area (Å²) in [4.78, 5) is 17.5. The van der Waals surface area contributed by atoms with Crippen LogP contribution in [-0.4, -0.2) is 16.4 Å². The van der Waals surface area contributed by atoms with Gasteiger partial charge in [0.1, 0.15) is 0 Å². The molecule has 1 aromatic heterocycles. The van der Waals surface area contributed by atoms with Crippen molar-refractivity contribution in [3.8, 4) is 0 Å². The number of pyridine rings is 1. The smallest absolute Gasteiger partial charge is 0.253 e. The monoisotopic (exact) mass is 360 g/mol. The number of rotatable bonds is 6. The lowest BCUT2D eigenvalue weighted by Crippen LogP contribution is -2.48. The molecule has 3 rings (SSSR count). The summed E-state index contributed by atoms with van der Waals surface area (Å²) >= 11 is 0. The highest BCUT2D eigenvalue weighted by Gasteiger charge is 2.28. The minimum atomic E-state index is -0.311. The Balaban J connectivity index is 1.85. The van der Waals surface area contributed by atoms with Crippen molar-refractivity contribution in [1.29, 1.82) is 0 Å². The van der Waals surface area contributed by atoms with Crippen LogP contribution in [0.15, 0.2) is 60.8 Å². The van der Waals surface area contributed by atoms with Crippen molar-refractivity contribution >= 4 is 16.8 Å². The Morgan fingerprint density at radius 3 is 2.56 bits per heavy atom. The quantitative estimate of drug-likeness (QED) is 0.646. The molecule has 0 spiro atoms. The van der Waals surface area contributed by atoms with E-state index < -0.39 is 0 Å². The van der Waals surface area contributed by atoms with E-state index >= 15 is 0 Å². The Morgan fingerprint density at radius 1 is 1.11 bits per heavy atom. The molecule has 0 bridgehead atoms. The average molecular weight is 361 g/mol. The molecule has 0 aliphatic rings. The van der Waals surface area contributed by atoms with E-state index in [1.54, 1.807) is 6.20 Å². The normalized spacial score (nSPS) is 13.5. The second kappa shape index (κ2) is 7.91. The number of hydrogen-bond donors (Lipinski definition) is 1. The topological polar surface area (TPSA) is 42.0 Å². The van der Waals surface area contributed by atoms with E-state index in [-0.39, 0.29) is 11.4 Å². The molecule has 1 N–H and O–H groups in total. The fourth-order valence-electron chi connectivity index (χ4n) is 3.90. The first-order valence-corrected chi connectivity index (χ1v) is 9.58. The van der Waals surface area contributed by atoms with E-state index in [4.69, 9.17) is 0 Å². The number of nitrogens with zero attached hydrogens (tertiary/aromatic N) is 1. The van der Waals surface area contributed by atoms with Crippen molar-refractivity contribution in [2.24, 2.45) is 5.92 Å². The van der Waals surface area contributed by atoms with E-state index in [9.17, 15) is 4.79 Å². The van der Waals surface area contributed by atoms with Gasteiger partial charge in [-0.25, -0.2) is 0 Å². The number of amides is 1. The summed E-state index contributed by atoms with van der Waals surface area (Å²) < 4.78 is 0. The van der Waals surface area contributed by atoms with Crippen LogP contribution in [0.4, 0.5) is 0 Å². The molecule has 1 heterocycles. The number of fused-ring (bicyclic) bond motifs is 1. The second-order valence-electron chi connectivity index (χ2n) is 8.15. The summed E-state index contributed by atoms with van der Waals surface area (Å²) in [6, 6.07) is 18.3. The molecule has 0 aliphatic heterocycles. The third-order valence-corrected chi connectivity index (χ3v) is 4.89. The fourth-order valence-corrected chi connectivity index (χ4v) is 3.90. The Morgan fingerprint density at radius 2 is 1.85 bits per heavy atom. The molecule has 27 heavy (non-hydrogen) atoms. The van der Waals surface area contributed by atoms with Gasteiger partial charge in [-0.15, -0.1) is 0 Å². The zero-order chi connectivity index (χ0) is 19.4. The van der Waals surface area contributed by atoms with Crippen LogP contribution in [-0.2, 0) is 6.42 Å². The van der Waals surface area contributed by atoms with Gasteiger partial charge < -0.3 is 5.32 Å². The van der Waals surface area contributed by atoms with Crippen molar-refractivity contribution < 1.29 is 4.79 Å². The van der Waals surface area contributed by atoms with Crippen LogP contribution in [0.2, 0.25) is 0 Å². The van der Waals surface area contributed by atoms with Gasteiger partial charge in [-0.2, -0.15) is 0 Å². The van der Waals surface area contributed by atoms with Crippen LogP contribution in [0.3, 0.4) is 0 Å². The molecule has 2 aromatic carbocycles. The number of para-hydroxylation sites is 1. The highest BCUT2D eigenvalue weighted by molar-refractivity contribution is 5.98. The van der Waals surface area contributed by atoms with E-state index in [0.29, 0.717) is 11.5 Å². The SMILES string of the molecule is Cc1cccc2cc(C(=O)NC(C)(Cc3ccccc3)CC(C)C)cnc12. The summed E-state index contributed by atoms with van der Waals surface area (Å²) in [6.45, 7) is 8.55. The third-order valence-electron chi connectivity index (χ3n) is 4.89. The van der Waals surface area contributed by atoms with Crippen LogP contribution >= 0.6 is 0 Å². The highest BCUT2D eigenvalue weighted by Crippen LogP contribution is 2.23. The van der Waals surface area contributed by atoms with Crippen molar-refractivity contribution in [2.75, 3.05) is 0 Å². The van der Waals surface area contributed by atoms with Crippen LogP contribution in [0, 0.1) is 12.8 Å². The van der Waals surface area contributed by atoms with E-state index in [1.165, 1.54) is 5.56 Å². The third kappa shape index (κ3) is 4.73. The minimum absolute atomic E-state index is 0.0648. The largest absolute Gasteiger partial charge is 0.346 e. The number of benzene rings is 2.